The zero-order chi connectivity index (χ0) is 24.1. The molecular weight excluding hydrogens is 470 g/mol. The highest BCUT2D eigenvalue weighted by Crippen LogP contribution is 2.33. The third-order valence-electron chi connectivity index (χ3n) is 6.66. The molecule has 0 fully saturated rings. The first kappa shape index (κ1) is 27.7. The fraction of sp³-hybridized carbons (Fsp3) is 0.533. The van der Waals surface area contributed by atoms with E-state index in [0.717, 1.165) is 51.9 Å². The molecule has 0 saturated carbocycles. The van der Waals surface area contributed by atoms with E-state index in [-0.39, 0.29) is 0 Å². The SMILES string of the molecule is CCN(C)C=C(C)C(C)C1=C(C)CCCC=C(CCOCCCCc2ccccc2)C(Br)=C1. The van der Waals surface area contributed by atoms with Crippen LogP contribution in [-0.4, -0.2) is 31.7 Å². The van der Waals surface area contributed by atoms with Crippen molar-refractivity contribution in [1.82, 2.24) is 4.90 Å². The summed E-state index contributed by atoms with van der Waals surface area (Å²) in [5.74, 6) is 0.409. The molecule has 0 saturated heterocycles. The van der Waals surface area contributed by atoms with Crippen molar-refractivity contribution in [2.75, 3.05) is 26.8 Å². The lowest BCUT2D eigenvalue weighted by atomic mass is 9.88. The van der Waals surface area contributed by atoms with E-state index in [1.54, 1.807) is 0 Å². The quantitative estimate of drug-likeness (QED) is 0.259. The lowest BCUT2D eigenvalue weighted by Gasteiger charge is -2.21. The van der Waals surface area contributed by atoms with Gasteiger partial charge in [0.2, 0.25) is 0 Å². The van der Waals surface area contributed by atoms with Crippen LogP contribution >= 0.6 is 15.9 Å². The summed E-state index contributed by atoms with van der Waals surface area (Å²) in [5, 5.41) is 0. The Kier molecular flexibility index (Phi) is 12.9. The Morgan fingerprint density at radius 2 is 1.91 bits per heavy atom. The van der Waals surface area contributed by atoms with Crippen LogP contribution in [0.5, 0.6) is 0 Å². The number of allylic oxidation sites excluding steroid dienone is 6. The number of nitrogens with zero attached hydrogens (tertiary/aromatic N) is 1. The fourth-order valence-corrected chi connectivity index (χ4v) is 4.82. The molecule has 2 nitrogen and oxygen atoms in total. The van der Waals surface area contributed by atoms with E-state index in [1.165, 1.54) is 45.2 Å². The molecule has 0 bridgehead atoms. The van der Waals surface area contributed by atoms with Crippen molar-refractivity contribution in [3.05, 3.63) is 81.0 Å². The van der Waals surface area contributed by atoms with Crippen LogP contribution in [0.1, 0.15) is 71.8 Å². The second kappa shape index (κ2) is 15.3. The molecule has 0 N–H and O–H groups in total. The van der Waals surface area contributed by atoms with E-state index in [9.17, 15) is 0 Å². The number of hydrogen-bond donors (Lipinski definition) is 0. The second-order valence-electron chi connectivity index (χ2n) is 9.32. The number of ether oxygens (including phenoxy) is 1. The van der Waals surface area contributed by atoms with Crippen LogP contribution in [-0.2, 0) is 11.2 Å². The Labute approximate surface area is 211 Å². The zero-order valence-electron chi connectivity index (χ0n) is 21.5. The molecule has 0 aromatic heterocycles. The van der Waals surface area contributed by atoms with E-state index >= 15 is 0 Å². The van der Waals surface area contributed by atoms with Gasteiger partial charge in [-0.25, -0.2) is 0 Å². The summed E-state index contributed by atoms with van der Waals surface area (Å²) in [4.78, 5) is 2.26. The summed E-state index contributed by atoms with van der Waals surface area (Å²) in [6.07, 6.45) is 15.0. The van der Waals surface area contributed by atoms with Gasteiger partial charge in [-0.1, -0.05) is 70.4 Å². The van der Waals surface area contributed by atoms with Crippen LogP contribution < -0.4 is 0 Å². The standard InChI is InChI=1S/C30H44BrNO/c1-6-32(5)23-25(3)26(4)29-22-30(31)28(18-11-10-14-24(29)2)19-21-33-20-13-12-17-27-15-8-7-9-16-27/h7-9,15-16,18,22-23,26H,6,10-14,17,19-21H2,1-5H3. The van der Waals surface area contributed by atoms with Gasteiger partial charge >= 0.3 is 0 Å². The van der Waals surface area contributed by atoms with Crippen LogP contribution in [0.25, 0.3) is 0 Å². The highest BCUT2D eigenvalue weighted by Gasteiger charge is 2.15. The van der Waals surface area contributed by atoms with E-state index < -0.39 is 0 Å². The largest absolute Gasteiger partial charge is 0.381 e. The van der Waals surface area contributed by atoms with Crippen molar-refractivity contribution in [3.8, 4) is 0 Å². The molecular formula is C30H44BrNO. The fourth-order valence-electron chi connectivity index (χ4n) is 4.21. The van der Waals surface area contributed by atoms with Crippen molar-refractivity contribution in [1.29, 1.82) is 0 Å². The molecule has 1 unspecified atom stereocenters. The second-order valence-corrected chi connectivity index (χ2v) is 10.2. The first-order valence-electron chi connectivity index (χ1n) is 12.7. The topological polar surface area (TPSA) is 12.5 Å². The Hall–Kier alpha value is -1.58. The molecule has 1 atom stereocenters. The van der Waals surface area contributed by atoms with Gasteiger partial charge in [-0.05, 0) is 94.7 Å². The zero-order valence-corrected chi connectivity index (χ0v) is 23.1. The van der Waals surface area contributed by atoms with Crippen LogP contribution in [0, 0.1) is 5.92 Å². The molecule has 1 aliphatic rings. The summed E-state index contributed by atoms with van der Waals surface area (Å²) in [7, 11) is 2.15. The number of unbranched alkanes of at least 4 members (excludes halogenated alkanes) is 1. The number of hydrogen-bond acceptors (Lipinski definition) is 2. The highest BCUT2D eigenvalue weighted by molar-refractivity contribution is 9.12. The third-order valence-corrected chi connectivity index (χ3v) is 7.40. The molecule has 1 aromatic carbocycles. The van der Waals surface area contributed by atoms with Gasteiger partial charge in [-0.3, -0.25) is 0 Å². The average Bonchev–Trinajstić information content (AvgIpc) is 2.88. The Morgan fingerprint density at radius 3 is 2.64 bits per heavy atom. The first-order valence-corrected chi connectivity index (χ1v) is 13.5. The van der Waals surface area contributed by atoms with Gasteiger partial charge in [-0.15, -0.1) is 0 Å². The van der Waals surface area contributed by atoms with Gasteiger partial charge in [-0.2, -0.15) is 0 Å². The predicted molar refractivity (Wildman–Crippen MR) is 148 cm³/mol. The number of rotatable bonds is 12. The lowest BCUT2D eigenvalue weighted by Crippen LogP contribution is -2.12. The van der Waals surface area contributed by atoms with Crippen molar-refractivity contribution in [2.24, 2.45) is 5.92 Å². The molecule has 3 heteroatoms. The summed E-state index contributed by atoms with van der Waals surface area (Å²) in [5.41, 5.74) is 7.17. The van der Waals surface area contributed by atoms with Crippen molar-refractivity contribution in [2.45, 2.75) is 72.6 Å². The molecule has 33 heavy (non-hydrogen) atoms. The molecule has 1 aliphatic carbocycles. The molecule has 0 heterocycles. The Morgan fingerprint density at radius 1 is 1.15 bits per heavy atom. The van der Waals surface area contributed by atoms with Gasteiger partial charge in [0.1, 0.15) is 0 Å². The van der Waals surface area contributed by atoms with E-state index in [2.05, 4.69) is 104 Å². The minimum atomic E-state index is 0.409. The van der Waals surface area contributed by atoms with Gasteiger partial charge in [0, 0.05) is 30.6 Å². The molecule has 182 valence electrons. The monoisotopic (exact) mass is 513 g/mol. The van der Waals surface area contributed by atoms with Crippen LogP contribution in [0.2, 0.25) is 0 Å². The van der Waals surface area contributed by atoms with Gasteiger partial charge in [0.25, 0.3) is 0 Å². The minimum absolute atomic E-state index is 0.409. The molecule has 0 radical (unpaired) electrons. The molecule has 0 amide bonds. The number of benzene rings is 1. The number of aryl methyl sites for hydroxylation is 1. The summed E-state index contributed by atoms with van der Waals surface area (Å²) < 4.78 is 7.22. The van der Waals surface area contributed by atoms with Crippen molar-refractivity contribution >= 4 is 15.9 Å². The third kappa shape index (κ3) is 10.1. The van der Waals surface area contributed by atoms with Crippen LogP contribution in [0.4, 0.5) is 0 Å². The molecule has 0 aliphatic heterocycles. The van der Waals surface area contributed by atoms with Crippen molar-refractivity contribution in [3.63, 3.8) is 0 Å². The first-order chi connectivity index (χ1) is 15.9. The van der Waals surface area contributed by atoms with Gasteiger partial charge in [0.05, 0.1) is 6.61 Å². The van der Waals surface area contributed by atoms with Crippen molar-refractivity contribution < 1.29 is 4.74 Å². The van der Waals surface area contributed by atoms with Gasteiger partial charge < -0.3 is 9.64 Å². The number of halogens is 1. The normalized spacial score (nSPS) is 16.5. The highest BCUT2D eigenvalue weighted by atomic mass is 79.9. The van der Waals surface area contributed by atoms with E-state index in [4.69, 9.17) is 4.74 Å². The van der Waals surface area contributed by atoms with Crippen LogP contribution in [0.3, 0.4) is 0 Å². The maximum absolute atomic E-state index is 6.00. The molecule has 0 spiro atoms. The van der Waals surface area contributed by atoms with E-state index in [0.29, 0.717) is 5.92 Å². The molecule has 2 rings (SSSR count). The molecule has 1 aromatic rings. The summed E-state index contributed by atoms with van der Waals surface area (Å²) in [6.45, 7) is 11.8. The Bertz CT molecular complexity index is 834. The maximum Gasteiger partial charge on any atom is 0.0506 e. The minimum Gasteiger partial charge on any atom is -0.381 e. The smallest absolute Gasteiger partial charge is 0.0506 e. The van der Waals surface area contributed by atoms with E-state index in [1.807, 2.05) is 0 Å². The van der Waals surface area contributed by atoms with Crippen LogP contribution in [0.15, 0.2) is 75.5 Å². The maximum atomic E-state index is 6.00. The Balaban J connectivity index is 1.90. The lowest BCUT2D eigenvalue weighted by molar-refractivity contribution is 0.133. The predicted octanol–water partition coefficient (Wildman–Crippen LogP) is 8.61. The van der Waals surface area contributed by atoms with Gasteiger partial charge in [0.15, 0.2) is 0 Å². The summed E-state index contributed by atoms with van der Waals surface area (Å²) >= 11 is 3.92. The summed E-state index contributed by atoms with van der Waals surface area (Å²) in [6, 6.07) is 10.7. The average molecular weight is 515 g/mol.